The Morgan fingerprint density at radius 1 is 1.41 bits per heavy atom. The first-order valence-electron chi connectivity index (χ1n) is 7.29. The minimum atomic E-state index is -0.940. The van der Waals surface area contributed by atoms with Gasteiger partial charge in [-0.2, -0.15) is 0 Å². The van der Waals surface area contributed by atoms with Crippen LogP contribution in [0.2, 0.25) is 0 Å². The van der Waals surface area contributed by atoms with E-state index in [4.69, 9.17) is 10.5 Å². The van der Waals surface area contributed by atoms with Gasteiger partial charge in [-0.05, 0) is 44.4 Å². The monoisotopic (exact) mass is 306 g/mol. The molecule has 1 atom stereocenters. The highest BCUT2D eigenvalue weighted by Gasteiger charge is 2.30. The van der Waals surface area contributed by atoms with Crippen LogP contribution in [0.3, 0.4) is 0 Å². The zero-order valence-electron chi connectivity index (χ0n) is 13.1. The molecule has 2 rings (SSSR count). The number of benzene rings is 1. The molecule has 1 aliphatic rings. The first-order valence-corrected chi connectivity index (χ1v) is 7.29. The van der Waals surface area contributed by atoms with E-state index in [0.29, 0.717) is 18.5 Å². The molecule has 6 nitrogen and oxygen atoms in total. The van der Waals surface area contributed by atoms with Crippen molar-refractivity contribution in [1.29, 1.82) is 0 Å². The second-order valence-electron chi connectivity index (χ2n) is 6.40. The molecule has 6 heteroatoms. The predicted molar refractivity (Wildman–Crippen MR) is 83.2 cm³/mol. The fraction of sp³-hybridized carbons (Fsp3) is 0.500. The van der Waals surface area contributed by atoms with Crippen molar-refractivity contribution in [3.63, 3.8) is 0 Å². The van der Waals surface area contributed by atoms with Gasteiger partial charge < -0.3 is 15.6 Å². The van der Waals surface area contributed by atoms with Crippen LogP contribution in [-0.4, -0.2) is 35.9 Å². The summed E-state index contributed by atoms with van der Waals surface area (Å²) in [6, 6.07) is 5.31. The van der Waals surface area contributed by atoms with Crippen molar-refractivity contribution >= 4 is 17.7 Å². The number of carbonyl (C=O) groups is 2. The Hall–Kier alpha value is -2.08. The summed E-state index contributed by atoms with van der Waals surface area (Å²) >= 11 is 0. The number of hydrogen-bond acceptors (Lipinski definition) is 4. The zero-order valence-corrected chi connectivity index (χ0v) is 13.1. The van der Waals surface area contributed by atoms with Crippen molar-refractivity contribution in [2.75, 3.05) is 18.0 Å². The third kappa shape index (κ3) is 3.39. The lowest BCUT2D eigenvalue weighted by atomic mass is 9.96. The van der Waals surface area contributed by atoms with Gasteiger partial charge in [0.15, 0.2) is 0 Å². The molecule has 1 aromatic rings. The predicted octanol–water partition coefficient (Wildman–Crippen LogP) is 2.11. The number of carboxylic acid groups (broad SMARTS) is 1. The van der Waals surface area contributed by atoms with Gasteiger partial charge in [-0.1, -0.05) is 12.1 Å². The van der Waals surface area contributed by atoms with Crippen molar-refractivity contribution in [3.05, 3.63) is 29.3 Å². The zero-order chi connectivity index (χ0) is 16.5. The highest BCUT2D eigenvalue weighted by Crippen LogP contribution is 2.32. The summed E-state index contributed by atoms with van der Waals surface area (Å²) in [6.07, 6.45) is 0.298. The van der Waals surface area contributed by atoms with Gasteiger partial charge in [0.1, 0.15) is 5.60 Å². The summed E-state index contributed by atoms with van der Waals surface area (Å²) in [7, 11) is 0. The third-order valence-electron chi connectivity index (χ3n) is 3.55. The second-order valence-corrected chi connectivity index (χ2v) is 6.40. The number of nitrogens with two attached hydrogens (primary N) is 1. The number of carbonyl (C=O) groups excluding carboxylic acids is 1. The molecule has 0 bridgehead atoms. The van der Waals surface area contributed by atoms with Crippen molar-refractivity contribution in [2.24, 2.45) is 5.73 Å². The average molecular weight is 306 g/mol. The van der Waals surface area contributed by atoms with E-state index in [2.05, 4.69) is 0 Å². The first-order chi connectivity index (χ1) is 10.2. The van der Waals surface area contributed by atoms with Crippen LogP contribution >= 0.6 is 0 Å². The van der Waals surface area contributed by atoms with Crippen molar-refractivity contribution in [2.45, 2.75) is 38.7 Å². The van der Waals surface area contributed by atoms with Gasteiger partial charge in [-0.3, -0.25) is 9.69 Å². The Morgan fingerprint density at radius 3 is 2.64 bits per heavy atom. The van der Waals surface area contributed by atoms with Crippen molar-refractivity contribution < 1.29 is 19.4 Å². The molecular formula is C16H22N2O4. The van der Waals surface area contributed by atoms with Crippen LogP contribution in [0.5, 0.6) is 0 Å². The number of hydrogen-bond donors (Lipinski definition) is 2. The Morgan fingerprint density at radius 2 is 2.09 bits per heavy atom. The minimum absolute atomic E-state index is 0.0455. The number of aliphatic carboxylic acids is 1. The molecule has 1 aromatic carbocycles. The number of ether oxygens (including phenoxy) is 1. The maximum atomic E-state index is 12.2. The van der Waals surface area contributed by atoms with Crippen LogP contribution in [0.4, 0.5) is 10.5 Å². The first kappa shape index (κ1) is 16.3. The van der Waals surface area contributed by atoms with E-state index in [1.165, 1.54) is 0 Å². The van der Waals surface area contributed by atoms with E-state index in [9.17, 15) is 14.7 Å². The van der Waals surface area contributed by atoms with E-state index in [1.807, 2.05) is 26.8 Å². The number of fused-ring (bicyclic) bond motifs is 1. The fourth-order valence-corrected chi connectivity index (χ4v) is 2.52. The fourth-order valence-electron chi connectivity index (χ4n) is 2.52. The van der Waals surface area contributed by atoms with Gasteiger partial charge in [0, 0.05) is 13.1 Å². The lowest BCUT2D eigenvalue weighted by molar-refractivity contribution is -0.138. The summed E-state index contributed by atoms with van der Waals surface area (Å²) < 4.78 is 5.39. The Balaban J connectivity index is 2.24. The number of amides is 1. The normalized spacial score (nSPS) is 15.4. The number of carboxylic acids is 1. The average Bonchev–Trinajstić information content (AvgIpc) is 2.80. The molecule has 1 heterocycles. The standard InChI is InChI=1S/C16H22N2O4/c1-16(2,3)22-15(21)18-7-6-11-8-10(4-5-13(11)18)12(9-17)14(19)20/h4-5,8,12H,6-7,9,17H2,1-3H3,(H,19,20). The van der Waals surface area contributed by atoms with Crippen LogP contribution in [0.25, 0.3) is 0 Å². The van der Waals surface area contributed by atoms with Crippen LogP contribution in [0.1, 0.15) is 37.8 Å². The molecule has 1 unspecified atom stereocenters. The highest BCUT2D eigenvalue weighted by molar-refractivity contribution is 5.91. The van der Waals surface area contributed by atoms with E-state index >= 15 is 0 Å². The highest BCUT2D eigenvalue weighted by atomic mass is 16.6. The Kier molecular flexibility index (Phi) is 4.42. The van der Waals surface area contributed by atoms with Crippen molar-refractivity contribution in [1.82, 2.24) is 0 Å². The largest absolute Gasteiger partial charge is 0.481 e. The van der Waals surface area contributed by atoms with Gasteiger partial charge >= 0.3 is 12.1 Å². The van der Waals surface area contributed by atoms with Crippen LogP contribution in [0.15, 0.2) is 18.2 Å². The minimum Gasteiger partial charge on any atom is -0.481 e. The van der Waals surface area contributed by atoms with Crippen molar-refractivity contribution in [3.8, 4) is 0 Å². The molecule has 22 heavy (non-hydrogen) atoms. The van der Waals surface area contributed by atoms with Gasteiger partial charge in [0.2, 0.25) is 0 Å². The summed E-state index contributed by atoms with van der Waals surface area (Å²) in [6.45, 7) is 6.05. The molecule has 0 saturated carbocycles. The summed E-state index contributed by atoms with van der Waals surface area (Å²) in [5.41, 5.74) is 7.37. The van der Waals surface area contributed by atoms with Crippen LogP contribution < -0.4 is 10.6 Å². The van der Waals surface area contributed by atoms with E-state index in [-0.39, 0.29) is 12.6 Å². The van der Waals surface area contributed by atoms with E-state index in [1.54, 1.807) is 17.0 Å². The molecule has 3 N–H and O–H groups in total. The van der Waals surface area contributed by atoms with Gasteiger partial charge in [0.25, 0.3) is 0 Å². The molecule has 120 valence electrons. The maximum Gasteiger partial charge on any atom is 0.414 e. The molecule has 0 spiro atoms. The summed E-state index contributed by atoms with van der Waals surface area (Å²) in [5, 5.41) is 9.18. The lowest BCUT2D eigenvalue weighted by Crippen LogP contribution is -2.35. The Bertz CT molecular complexity index is 592. The topological polar surface area (TPSA) is 92.9 Å². The molecular weight excluding hydrogens is 284 g/mol. The molecule has 0 saturated heterocycles. The quantitative estimate of drug-likeness (QED) is 0.892. The van der Waals surface area contributed by atoms with Gasteiger partial charge in [0.05, 0.1) is 11.6 Å². The Labute approximate surface area is 129 Å². The smallest absolute Gasteiger partial charge is 0.414 e. The number of rotatable bonds is 3. The van der Waals surface area contributed by atoms with E-state index in [0.717, 1.165) is 11.3 Å². The van der Waals surface area contributed by atoms with Crippen LogP contribution in [0, 0.1) is 0 Å². The molecule has 1 aliphatic heterocycles. The van der Waals surface area contributed by atoms with Gasteiger partial charge in [-0.25, -0.2) is 4.79 Å². The third-order valence-corrected chi connectivity index (χ3v) is 3.55. The maximum absolute atomic E-state index is 12.2. The van der Waals surface area contributed by atoms with Gasteiger partial charge in [-0.15, -0.1) is 0 Å². The molecule has 1 amide bonds. The summed E-state index contributed by atoms with van der Waals surface area (Å²) in [5.74, 6) is -1.66. The van der Waals surface area contributed by atoms with E-state index < -0.39 is 17.5 Å². The molecule has 0 fully saturated rings. The number of anilines is 1. The second kappa shape index (κ2) is 5.96. The molecule has 0 radical (unpaired) electrons. The number of nitrogens with zero attached hydrogens (tertiary/aromatic N) is 1. The molecule has 0 aliphatic carbocycles. The molecule has 0 aromatic heterocycles. The SMILES string of the molecule is CC(C)(C)OC(=O)N1CCc2cc(C(CN)C(=O)O)ccc21. The van der Waals surface area contributed by atoms with Crippen LogP contribution in [-0.2, 0) is 16.0 Å². The lowest BCUT2D eigenvalue weighted by Gasteiger charge is -2.25. The summed E-state index contributed by atoms with van der Waals surface area (Å²) in [4.78, 5) is 25.0.